The Morgan fingerprint density at radius 2 is 1.38 bits per heavy atom. The second kappa shape index (κ2) is 17.4. The maximum absolute atomic E-state index is 10.8. The van der Waals surface area contributed by atoms with Crippen LogP contribution in [0.5, 0.6) is 0 Å². The molecule has 0 aromatic carbocycles. The first kappa shape index (κ1) is 18.3. The Balaban J connectivity index is 0. The van der Waals surface area contributed by atoms with Crippen molar-refractivity contribution >= 4 is 32.8 Å². The molecule has 0 aliphatic rings. The summed E-state index contributed by atoms with van der Waals surface area (Å²) in [6.45, 7) is 14.1. The van der Waals surface area contributed by atoms with Crippen LogP contribution in [0.2, 0.25) is 0 Å². The van der Waals surface area contributed by atoms with Crippen molar-refractivity contribution in [2.75, 3.05) is 23.0 Å². The van der Waals surface area contributed by atoms with Crippen LogP contribution in [0, 0.1) is 0 Å². The van der Waals surface area contributed by atoms with Crippen LogP contribution in [0.15, 0.2) is 50.6 Å². The Morgan fingerprint density at radius 3 is 1.75 bits per heavy atom. The van der Waals surface area contributed by atoms with Gasteiger partial charge in [0.2, 0.25) is 0 Å². The van der Waals surface area contributed by atoms with Crippen LogP contribution in [-0.4, -0.2) is 27.6 Å². The van der Waals surface area contributed by atoms with Gasteiger partial charge < -0.3 is 4.55 Å². The standard InChI is InChI=1S/C6H10OS2.C6H10S/c1-3-5-8-9(7)6-4-2;1-3-5-7-6-4-2/h3-4H,1-2,5-6H2;3-4H,1-2,5-6H2. The summed E-state index contributed by atoms with van der Waals surface area (Å²) in [6.07, 6.45) is 7.19. The van der Waals surface area contributed by atoms with E-state index >= 15 is 0 Å². The minimum Gasteiger partial charge on any atom is -0.605 e. The fraction of sp³-hybridized carbons (Fsp3) is 0.333. The molecule has 4 heteroatoms. The Kier molecular flexibility index (Phi) is 19.9. The Labute approximate surface area is 111 Å². The molecular formula is C12H20OS3. The molecule has 0 saturated heterocycles. The lowest BCUT2D eigenvalue weighted by molar-refractivity contribution is 0.612. The van der Waals surface area contributed by atoms with Crippen molar-refractivity contribution < 1.29 is 4.55 Å². The predicted octanol–water partition coefficient (Wildman–Crippen LogP) is 3.85. The molecule has 1 nitrogen and oxygen atoms in total. The van der Waals surface area contributed by atoms with E-state index in [1.165, 1.54) is 10.8 Å². The van der Waals surface area contributed by atoms with Crippen LogP contribution in [0.1, 0.15) is 0 Å². The largest absolute Gasteiger partial charge is 0.605 e. The van der Waals surface area contributed by atoms with Gasteiger partial charge in [-0.25, -0.2) is 0 Å². The fourth-order valence-corrected chi connectivity index (χ4v) is 2.83. The normalized spacial score (nSPS) is 10.6. The first-order valence-corrected chi connectivity index (χ1v) is 8.73. The Hall–Kier alpha value is -0.0300. The maximum Gasteiger partial charge on any atom is 0.135 e. The monoisotopic (exact) mass is 276 g/mol. The molecule has 0 amide bonds. The molecule has 0 aromatic rings. The first-order chi connectivity index (χ1) is 7.72. The minimum atomic E-state index is -0.793. The highest BCUT2D eigenvalue weighted by atomic mass is 33.1. The molecule has 0 aromatic heterocycles. The molecule has 92 valence electrons. The smallest absolute Gasteiger partial charge is 0.135 e. The summed E-state index contributed by atoms with van der Waals surface area (Å²) in [5.41, 5.74) is 0. The van der Waals surface area contributed by atoms with Crippen LogP contribution in [0.4, 0.5) is 0 Å². The van der Waals surface area contributed by atoms with Gasteiger partial charge in [0.05, 0.1) is 16.5 Å². The zero-order valence-corrected chi connectivity index (χ0v) is 12.0. The molecule has 0 aliphatic heterocycles. The average Bonchev–Trinajstić information content (AvgIpc) is 2.28. The Morgan fingerprint density at radius 1 is 0.875 bits per heavy atom. The highest BCUT2D eigenvalue weighted by Gasteiger charge is 2.01. The number of hydrogen-bond acceptors (Lipinski definition) is 3. The topological polar surface area (TPSA) is 23.1 Å². The van der Waals surface area contributed by atoms with Gasteiger partial charge in [-0.2, -0.15) is 11.8 Å². The summed E-state index contributed by atoms with van der Waals surface area (Å²) in [6, 6.07) is 0. The van der Waals surface area contributed by atoms with Gasteiger partial charge in [0.25, 0.3) is 0 Å². The van der Waals surface area contributed by atoms with E-state index in [0.29, 0.717) is 5.75 Å². The van der Waals surface area contributed by atoms with Crippen molar-refractivity contribution in [3.63, 3.8) is 0 Å². The van der Waals surface area contributed by atoms with Crippen molar-refractivity contribution in [2.45, 2.75) is 0 Å². The van der Waals surface area contributed by atoms with Gasteiger partial charge in [-0.1, -0.05) is 24.8 Å². The second-order valence-electron chi connectivity index (χ2n) is 2.45. The molecule has 1 unspecified atom stereocenters. The van der Waals surface area contributed by atoms with E-state index < -0.39 is 10.2 Å². The lowest BCUT2D eigenvalue weighted by Gasteiger charge is -2.02. The number of hydrogen-bond donors (Lipinski definition) is 0. The Bertz CT molecular complexity index is 185. The van der Waals surface area contributed by atoms with Crippen LogP contribution in [-0.2, 0) is 10.2 Å². The molecule has 0 radical (unpaired) electrons. The summed E-state index contributed by atoms with van der Waals surface area (Å²) < 4.78 is 10.8. The summed E-state index contributed by atoms with van der Waals surface area (Å²) in [4.78, 5) is 0. The third-order valence-corrected chi connectivity index (χ3v) is 4.73. The highest BCUT2D eigenvalue weighted by molar-refractivity contribution is 8.72. The lowest BCUT2D eigenvalue weighted by Crippen LogP contribution is -1.97. The molecule has 0 heterocycles. The van der Waals surface area contributed by atoms with E-state index in [4.69, 9.17) is 0 Å². The SMILES string of the molecule is C=CCSCC=C.C=CCS[S+]([O-])CC=C. The second-order valence-corrected chi connectivity index (χ2v) is 6.85. The van der Waals surface area contributed by atoms with Crippen molar-refractivity contribution in [2.24, 2.45) is 0 Å². The predicted molar refractivity (Wildman–Crippen MR) is 83.6 cm³/mol. The third kappa shape index (κ3) is 19.5. The van der Waals surface area contributed by atoms with Gasteiger partial charge in [0.1, 0.15) is 5.75 Å². The fourth-order valence-electron chi connectivity index (χ4n) is 0.503. The van der Waals surface area contributed by atoms with Gasteiger partial charge in [-0.3, -0.25) is 0 Å². The molecule has 0 bridgehead atoms. The van der Waals surface area contributed by atoms with Gasteiger partial charge >= 0.3 is 0 Å². The average molecular weight is 276 g/mol. The lowest BCUT2D eigenvalue weighted by atomic mass is 10.8. The molecular weight excluding hydrogens is 256 g/mol. The minimum absolute atomic E-state index is 0.568. The molecule has 0 rings (SSSR count). The number of thioether (sulfide) groups is 1. The molecule has 0 fully saturated rings. The zero-order chi connectivity index (χ0) is 12.6. The van der Waals surface area contributed by atoms with E-state index in [1.54, 1.807) is 12.2 Å². The zero-order valence-electron chi connectivity index (χ0n) is 9.60. The van der Waals surface area contributed by atoms with E-state index in [0.717, 1.165) is 17.3 Å². The van der Waals surface area contributed by atoms with Crippen LogP contribution in [0.3, 0.4) is 0 Å². The van der Waals surface area contributed by atoms with E-state index in [1.807, 2.05) is 23.9 Å². The summed E-state index contributed by atoms with van der Waals surface area (Å²) in [5.74, 6) is 3.39. The molecule has 0 spiro atoms. The molecule has 16 heavy (non-hydrogen) atoms. The van der Waals surface area contributed by atoms with Gasteiger partial charge in [-0.15, -0.1) is 19.7 Å². The maximum atomic E-state index is 10.8. The van der Waals surface area contributed by atoms with Crippen LogP contribution >= 0.6 is 22.6 Å². The quantitative estimate of drug-likeness (QED) is 0.276. The van der Waals surface area contributed by atoms with Crippen molar-refractivity contribution in [3.05, 3.63) is 50.6 Å². The molecule has 0 N–H and O–H groups in total. The highest BCUT2D eigenvalue weighted by Crippen LogP contribution is 2.12. The van der Waals surface area contributed by atoms with E-state index in [2.05, 4.69) is 26.3 Å². The molecule has 0 aliphatic carbocycles. The number of rotatable bonds is 9. The van der Waals surface area contributed by atoms with Crippen LogP contribution < -0.4 is 0 Å². The van der Waals surface area contributed by atoms with E-state index in [-0.39, 0.29) is 0 Å². The molecule has 1 atom stereocenters. The van der Waals surface area contributed by atoms with Crippen LogP contribution in [0.25, 0.3) is 0 Å². The van der Waals surface area contributed by atoms with Gasteiger partial charge in [0, 0.05) is 21.7 Å². The van der Waals surface area contributed by atoms with Gasteiger partial charge in [-0.05, 0) is 6.08 Å². The summed E-state index contributed by atoms with van der Waals surface area (Å²) >= 11 is 1.82. The molecule has 0 saturated carbocycles. The van der Waals surface area contributed by atoms with E-state index in [9.17, 15) is 4.55 Å². The van der Waals surface area contributed by atoms with Crippen molar-refractivity contribution in [3.8, 4) is 0 Å². The first-order valence-electron chi connectivity index (χ1n) is 4.75. The van der Waals surface area contributed by atoms with Crippen molar-refractivity contribution in [1.29, 1.82) is 0 Å². The summed E-state index contributed by atoms with van der Waals surface area (Å²) in [7, 11) is 0.591. The third-order valence-electron chi connectivity index (χ3n) is 1.04. The van der Waals surface area contributed by atoms with Gasteiger partial charge in [0.15, 0.2) is 0 Å². The summed E-state index contributed by atoms with van der Waals surface area (Å²) in [5, 5.41) is 0. The van der Waals surface area contributed by atoms with Crippen molar-refractivity contribution in [1.82, 2.24) is 0 Å².